The van der Waals surface area contributed by atoms with Gasteiger partial charge >= 0.3 is 0 Å². The van der Waals surface area contributed by atoms with E-state index in [4.69, 9.17) is 23.2 Å². The number of aryl methyl sites for hydroxylation is 1. The molecule has 1 aromatic carbocycles. The number of carbonyl (C=O) groups is 1. The lowest BCUT2D eigenvalue weighted by atomic mass is 9.94. The summed E-state index contributed by atoms with van der Waals surface area (Å²) >= 11 is 12.2. The van der Waals surface area contributed by atoms with Crippen molar-refractivity contribution in [2.45, 2.75) is 43.5 Å². The Hall–Kier alpha value is -0.800. The monoisotopic (exact) mass is 315 g/mol. The number of amides is 1. The minimum atomic E-state index is -0.985. The fourth-order valence-corrected chi connectivity index (χ4v) is 3.62. The summed E-state index contributed by atoms with van der Waals surface area (Å²) in [4.78, 5) is 14.6. The Labute approximate surface area is 127 Å². The summed E-state index contributed by atoms with van der Waals surface area (Å²) in [5, 5.41) is 0. The molecular weight excluding hydrogens is 300 g/mol. The van der Waals surface area contributed by atoms with Gasteiger partial charge < -0.3 is 4.90 Å². The van der Waals surface area contributed by atoms with Gasteiger partial charge in [-0.1, -0.05) is 0 Å². The number of carbonyl (C=O) groups excluding carboxylic acids is 1. The van der Waals surface area contributed by atoms with Gasteiger partial charge in [0.05, 0.1) is 5.41 Å². The van der Waals surface area contributed by atoms with Crippen molar-refractivity contribution >= 4 is 34.8 Å². The Morgan fingerprint density at radius 1 is 1.45 bits per heavy atom. The Morgan fingerprint density at radius 2 is 2.10 bits per heavy atom. The second-order valence-electron chi connectivity index (χ2n) is 6.05. The first-order valence-corrected chi connectivity index (χ1v) is 7.52. The van der Waals surface area contributed by atoms with Crippen molar-refractivity contribution in [3.05, 3.63) is 29.6 Å². The molecule has 2 aliphatic rings. The average molecular weight is 316 g/mol. The number of hydrogen-bond donors (Lipinski definition) is 0. The predicted octanol–water partition coefficient (Wildman–Crippen LogP) is 4.08. The number of benzene rings is 1. The summed E-state index contributed by atoms with van der Waals surface area (Å²) in [6.45, 7) is 3.79. The molecule has 0 saturated heterocycles. The Bertz CT molecular complexity index is 589. The molecule has 20 heavy (non-hydrogen) atoms. The topological polar surface area (TPSA) is 20.3 Å². The molecule has 108 valence electrons. The van der Waals surface area contributed by atoms with Crippen molar-refractivity contribution in [1.82, 2.24) is 0 Å². The molecule has 5 heteroatoms. The van der Waals surface area contributed by atoms with Gasteiger partial charge in [0.2, 0.25) is 5.91 Å². The van der Waals surface area contributed by atoms with Crippen LogP contribution in [0.4, 0.5) is 10.1 Å². The first kappa shape index (κ1) is 14.2. The van der Waals surface area contributed by atoms with Crippen molar-refractivity contribution in [2.24, 2.45) is 5.41 Å². The predicted molar refractivity (Wildman–Crippen MR) is 78.8 cm³/mol. The quantitative estimate of drug-likeness (QED) is 0.715. The highest BCUT2D eigenvalue weighted by Crippen LogP contribution is 2.65. The van der Waals surface area contributed by atoms with Crippen LogP contribution in [0.3, 0.4) is 0 Å². The maximum atomic E-state index is 13.3. The molecule has 1 aliphatic heterocycles. The summed E-state index contributed by atoms with van der Waals surface area (Å²) in [5.41, 5.74) is 0.913. The molecular formula is C15H16Cl2FNO. The van der Waals surface area contributed by atoms with Gasteiger partial charge in [-0.2, -0.15) is 0 Å². The van der Waals surface area contributed by atoms with E-state index in [1.54, 1.807) is 17.9 Å². The molecule has 1 fully saturated rings. The largest absolute Gasteiger partial charge is 0.309 e. The molecule has 0 radical (unpaired) electrons. The number of fused-ring (bicyclic) bond motifs is 1. The second kappa shape index (κ2) is 4.35. The number of halogens is 3. The van der Waals surface area contributed by atoms with Crippen LogP contribution in [0, 0.1) is 11.2 Å². The molecule has 0 unspecified atom stereocenters. The fraction of sp³-hybridized carbons (Fsp3) is 0.533. The molecule has 0 bridgehead atoms. The third kappa shape index (κ3) is 1.94. The van der Waals surface area contributed by atoms with Gasteiger partial charge in [0.25, 0.3) is 0 Å². The van der Waals surface area contributed by atoms with Crippen molar-refractivity contribution in [2.75, 3.05) is 4.90 Å². The number of rotatable bonds is 1. The van der Waals surface area contributed by atoms with Gasteiger partial charge in [-0.3, -0.25) is 4.79 Å². The summed E-state index contributed by atoms with van der Waals surface area (Å²) in [6.07, 6.45) is 2.05. The Kier molecular flexibility index (Phi) is 3.07. The van der Waals surface area contributed by atoms with Crippen molar-refractivity contribution in [1.29, 1.82) is 0 Å². The van der Waals surface area contributed by atoms with Crippen LogP contribution in [-0.4, -0.2) is 16.3 Å². The zero-order valence-electron chi connectivity index (χ0n) is 11.4. The van der Waals surface area contributed by atoms with Gasteiger partial charge in [-0.25, -0.2) is 4.39 Å². The first-order valence-electron chi connectivity index (χ1n) is 6.76. The first-order chi connectivity index (χ1) is 9.26. The van der Waals surface area contributed by atoms with Crippen LogP contribution in [0.15, 0.2) is 18.2 Å². The standard InChI is InChI=1S/C15H16Cl2FNO/c1-9-3-4-10-7-11(18)5-6-12(10)19(9)13(20)14(2)8-15(14,16)17/h5-7,9H,3-4,8H2,1-2H3/t9-,14+/m0/s1. The lowest BCUT2D eigenvalue weighted by molar-refractivity contribution is -0.123. The molecule has 1 aliphatic carbocycles. The van der Waals surface area contributed by atoms with Crippen LogP contribution in [-0.2, 0) is 11.2 Å². The number of hydrogen-bond acceptors (Lipinski definition) is 1. The van der Waals surface area contributed by atoms with Crippen molar-refractivity contribution in [3.8, 4) is 0 Å². The highest BCUT2D eigenvalue weighted by molar-refractivity contribution is 6.53. The molecule has 0 N–H and O–H groups in total. The van der Waals surface area contributed by atoms with Crippen LogP contribution in [0.1, 0.15) is 32.3 Å². The Morgan fingerprint density at radius 3 is 2.70 bits per heavy atom. The minimum absolute atomic E-state index is 0.0671. The smallest absolute Gasteiger partial charge is 0.236 e. The van der Waals surface area contributed by atoms with Crippen molar-refractivity contribution in [3.63, 3.8) is 0 Å². The summed E-state index contributed by atoms with van der Waals surface area (Å²) in [5.74, 6) is -0.338. The minimum Gasteiger partial charge on any atom is -0.309 e. The third-order valence-corrected chi connectivity index (χ3v) is 5.62. The van der Waals surface area contributed by atoms with Gasteiger partial charge in [0.15, 0.2) is 0 Å². The maximum Gasteiger partial charge on any atom is 0.236 e. The van der Waals surface area contributed by atoms with E-state index in [0.717, 1.165) is 24.1 Å². The summed E-state index contributed by atoms with van der Waals surface area (Å²) < 4.78 is 12.4. The van der Waals surface area contributed by atoms with E-state index in [0.29, 0.717) is 6.42 Å². The number of alkyl halides is 2. The summed E-state index contributed by atoms with van der Waals surface area (Å²) in [6, 6.07) is 4.64. The average Bonchev–Trinajstić information content (AvgIpc) is 2.89. The highest BCUT2D eigenvalue weighted by atomic mass is 35.5. The lowest BCUT2D eigenvalue weighted by Gasteiger charge is -2.37. The van der Waals surface area contributed by atoms with Gasteiger partial charge in [0.1, 0.15) is 10.2 Å². The van der Waals surface area contributed by atoms with Gasteiger partial charge in [0, 0.05) is 11.7 Å². The van der Waals surface area contributed by atoms with Crippen LogP contribution in [0.2, 0.25) is 0 Å². The second-order valence-corrected chi connectivity index (χ2v) is 7.53. The van der Waals surface area contributed by atoms with E-state index in [-0.39, 0.29) is 17.8 Å². The van der Waals surface area contributed by atoms with E-state index in [1.165, 1.54) is 12.1 Å². The molecule has 0 aromatic heterocycles. The fourth-order valence-electron chi connectivity index (χ4n) is 2.93. The van der Waals surface area contributed by atoms with E-state index in [1.807, 2.05) is 6.92 Å². The molecule has 2 atom stereocenters. The molecule has 2 nitrogen and oxygen atoms in total. The molecule has 1 amide bonds. The third-order valence-electron chi connectivity index (χ3n) is 4.52. The van der Waals surface area contributed by atoms with E-state index < -0.39 is 9.75 Å². The normalized spacial score (nSPS) is 30.9. The van der Waals surface area contributed by atoms with Gasteiger partial charge in [-0.05, 0) is 56.9 Å². The molecule has 0 spiro atoms. The molecule has 3 rings (SSSR count). The number of anilines is 1. The Balaban J connectivity index is 2.00. The molecule has 1 heterocycles. The van der Waals surface area contributed by atoms with Gasteiger partial charge in [-0.15, -0.1) is 23.2 Å². The number of nitrogens with zero attached hydrogens (tertiary/aromatic N) is 1. The zero-order chi connectivity index (χ0) is 14.7. The van der Waals surface area contributed by atoms with Crippen LogP contribution in [0.25, 0.3) is 0 Å². The van der Waals surface area contributed by atoms with Crippen LogP contribution >= 0.6 is 23.2 Å². The zero-order valence-corrected chi connectivity index (χ0v) is 12.9. The van der Waals surface area contributed by atoms with Crippen LogP contribution in [0.5, 0.6) is 0 Å². The van der Waals surface area contributed by atoms with Crippen LogP contribution < -0.4 is 4.90 Å². The van der Waals surface area contributed by atoms with E-state index in [2.05, 4.69) is 0 Å². The van der Waals surface area contributed by atoms with E-state index >= 15 is 0 Å². The maximum absolute atomic E-state index is 13.3. The summed E-state index contributed by atoms with van der Waals surface area (Å²) in [7, 11) is 0. The molecule has 1 aromatic rings. The lowest BCUT2D eigenvalue weighted by Crippen LogP contribution is -2.46. The molecule has 1 saturated carbocycles. The highest BCUT2D eigenvalue weighted by Gasteiger charge is 2.69. The SMILES string of the molecule is C[C@H]1CCc2cc(F)ccc2N1C(=O)[C@@]1(C)CC1(Cl)Cl. The van der Waals surface area contributed by atoms with E-state index in [9.17, 15) is 9.18 Å². The van der Waals surface area contributed by atoms with Crippen molar-refractivity contribution < 1.29 is 9.18 Å².